The van der Waals surface area contributed by atoms with Crippen molar-refractivity contribution in [2.75, 3.05) is 0 Å². The molecule has 1 heterocycles. The Bertz CT molecular complexity index is 508. The minimum absolute atomic E-state index is 0.0648. The number of carbonyl (C=O) groups excluding carboxylic acids is 1. The van der Waals surface area contributed by atoms with Crippen LogP contribution in [0.25, 0.3) is 0 Å². The molecule has 0 aliphatic carbocycles. The zero-order valence-electron chi connectivity index (χ0n) is 8.74. The molecule has 0 unspecified atom stereocenters. The summed E-state index contributed by atoms with van der Waals surface area (Å²) in [6.07, 6.45) is 2.05. The molecule has 0 aliphatic rings. The summed E-state index contributed by atoms with van der Waals surface area (Å²) < 4.78 is 0. The lowest BCUT2D eigenvalue weighted by Crippen LogP contribution is -2.05. The summed E-state index contributed by atoms with van der Waals surface area (Å²) in [5.74, 6) is 0.0648. The lowest BCUT2D eigenvalue weighted by atomic mass is 10.0. The molecular formula is C12H10ClNOS. The number of hydrogen-bond donors (Lipinski definition) is 0. The number of aromatic nitrogens is 1. The molecule has 0 fully saturated rings. The Morgan fingerprint density at radius 3 is 3.00 bits per heavy atom. The molecule has 16 heavy (non-hydrogen) atoms. The van der Waals surface area contributed by atoms with Crippen molar-refractivity contribution in [3.8, 4) is 0 Å². The molecule has 0 saturated heterocycles. The molecule has 0 spiro atoms. The van der Waals surface area contributed by atoms with E-state index in [1.54, 1.807) is 18.3 Å². The van der Waals surface area contributed by atoms with E-state index in [0.717, 1.165) is 10.6 Å². The van der Waals surface area contributed by atoms with Crippen molar-refractivity contribution >= 4 is 28.7 Å². The highest BCUT2D eigenvalue weighted by molar-refractivity contribution is 7.09. The SMILES string of the molecule is Cc1ccc(Cl)cc1C(=O)Cc1nccs1. The molecule has 4 heteroatoms. The van der Waals surface area contributed by atoms with E-state index >= 15 is 0 Å². The number of Topliss-reactive ketones (excluding diaryl/α,β-unsaturated/α-hetero) is 1. The van der Waals surface area contributed by atoms with Gasteiger partial charge in [0.1, 0.15) is 5.01 Å². The van der Waals surface area contributed by atoms with Gasteiger partial charge in [0.15, 0.2) is 5.78 Å². The third kappa shape index (κ3) is 2.49. The number of rotatable bonds is 3. The monoisotopic (exact) mass is 251 g/mol. The molecule has 0 aliphatic heterocycles. The predicted octanol–water partition coefficient (Wildman–Crippen LogP) is 3.53. The van der Waals surface area contributed by atoms with E-state index in [4.69, 9.17) is 11.6 Å². The molecule has 2 nitrogen and oxygen atoms in total. The lowest BCUT2D eigenvalue weighted by Gasteiger charge is -2.03. The largest absolute Gasteiger partial charge is 0.294 e. The molecule has 1 aromatic carbocycles. The molecule has 0 N–H and O–H groups in total. The summed E-state index contributed by atoms with van der Waals surface area (Å²) in [6, 6.07) is 5.36. The van der Waals surface area contributed by atoms with Gasteiger partial charge >= 0.3 is 0 Å². The summed E-state index contributed by atoms with van der Waals surface area (Å²) in [6.45, 7) is 1.91. The molecule has 0 bridgehead atoms. The number of benzene rings is 1. The van der Waals surface area contributed by atoms with Gasteiger partial charge in [-0.05, 0) is 24.6 Å². The van der Waals surface area contributed by atoms with Crippen molar-refractivity contribution in [3.05, 3.63) is 50.9 Å². The fraction of sp³-hybridized carbons (Fsp3) is 0.167. The number of nitrogens with zero attached hydrogens (tertiary/aromatic N) is 1. The Balaban J connectivity index is 2.24. The standard InChI is InChI=1S/C12H10ClNOS/c1-8-2-3-9(13)6-10(8)11(15)7-12-14-4-5-16-12/h2-6H,7H2,1H3. The second kappa shape index (κ2) is 4.76. The van der Waals surface area contributed by atoms with Gasteiger partial charge in [-0.25, -0.2) is 4.98 Å². The van der Waals surface area contributed by atoms with Crippen molar-refractivity contribution in [2.24, 2.45) is 0 Å². The van der Waals surface area contributed by atoms with Gasteiger partial charge in [-0.15, -0.1) is 11.3 Å². The average Bonchev–Trinajstić information content (AvgIpc) is 2.74. The fourth-order valence-electron chi connectivity index (χ4n) is 1.47. The van der Waals surface area contributed by atoms with E-state index in [2.05, 4.69) is 4.98 Å². The summed E-state index contributed by atoms with van der Waals surface area (Å²) in [4.78, 5) is 16.1. The topological polar surface area (TPSA) is 30.0 Å². The fourth-order valence-corrected chi connectivity index (χ4v) is 2.25. The summed E-state index contributed by atoms with van der Waals surface area (Å²) in [5.41, 5.74) is 1.63. The van der Waals surface area contributed by atoms with Crippen LogP contribution in [-0.4, -0.2) is 10.8 Å². The normalized spacial score (nSPS) is 10.4. The molecule has 2 aromatic rings. The molecule has 1 aromatic heterocycles. The zero-order valence-corrected chi connectivity index (χ0v) is 10.3. The summed E-state index contributed by atoms with van der Waals surface area (Å²) >= 11 is 7.37. The molecule has 0 radical (unpaired) electrons. The number of halogens is 1. The number of ketones is 1. The van der Waals surface area contributed by atoms with Crippen molar-refractivity contribution in [1.29, 1.82) is 0 Å². The third-order valence-corrected chi connectivity index (χ3v) is 3.31. The van der Waals surface area contributed by atoms with Gasteiger partial charge in [-0.2, -0.15) is 0 Å². The van der Waals surface area contributed by atoms with Crippen LogP contribution < -0.4 is 0 Å². The maximum absolute atomic E-state index is 12.0. The second-order valence-electron chi connectivity index (χ2n) is 3.49. The van der Waals surface area contributed by atoms with Crippen LogP contribution in [-0.2, 0) is 6.42 Å². The second-order valence-corrected chi connectivity index (χ2v) is 4.90. The van der Waals surface area contributed by atoms with Gasteiger partial charge < -0.3 is 0 Å². The molecule has 2 rings (SSSR count). The quantitative estimate of drug-likeness (QED) is 0.781. The first-order valence-corrected chi connectivity index (χ1v) is 6.10. The van der Waals surface area contributed by atoms with Gasteiger partial charge in [0.05, 0.1) is 6.42 Å². The molecular weight excluding hydrogens is 242 g/mol. The van der Waals surface area contributed by atoms with Gasteiger partial charge in [0.25, 0.3) is 0 Å². The van der Waals surface area contributed by atoms with Gasteiger partial charge in [0, 0.05) is 22.2 Å². The molecule has 0 saturated carbocycles. The highest BCUT2D eigenvalue weighted by atomic mass is 35.5. The number of hydrogen-bond acceptors (Lipinski definition) is 3. The van der Waals surface area contributed by atoms with Gasteiger partial charge in [0.2, 0.25) is 0 Å². The van der Waals surface area contributed by atoms with Gasteiger partial charge in [-0.3, -0.25) is 4.79 Å². The Morgan fingerprint density at radius 2 is 2.31 bits per heavy atom. The van der Waals surface area contributed by atoms with Crippen LogP contribution in [0.2, 0.25) is 5.02 Å². The van der Waals surface area contributed by atoms with E-state index in [-0.39, 0.29) is 5.78 Å². The summed E-state index contributed by atoms with van der Waals surface area (Å²) in [5, 5.41) is 3.30. The Kier molecular flexibility index (Phi) is 3.36. The minimum Gasteiger partial charge on any atom is -0.294 e. The van der Waals surface area contributed by atoms with Crippen LogP contribution in [0.1, 0.15) is 20.9 Å². The van der Waals surface area contributed by atoms with Crippen LogP contribution in [0.3, 0.4) is 0 Å². The van der Waals surface area contributed by atoms with E-state index in [0.29, 0.717) is 17.0 Å². The highest BCUT2D eigenvalue weighted by Gasteiger charge is 2.11. The Morgan fingerprint density at radius 1 is 1.50 bits per heavy atom. The third-order valence-electron chi connectivity index (χ3n) is 2.30. The van der Waals surface area contributed by atoms with Gasteiger partial charge in [-0.1, -0.05) is 17.7 Å². The van der Waals surface area contributed by atoms with Crippen molar-refractivity contribution in [1.82, 2.24) is 4.98 Å². The van der Waals surface area contributed by atoms with Crippen molar-refractivity contribution in [2.45, 2.75) is 13.3 Å². The van der Waals surface area contributed by atoms with E-state index in [9.17, 15) is 4.79 Å². The van der Waals surface area contributed by atoms with Crippen LogP contribution in [0, 0.1) is 6.92 Å². The molecule has 0 atom stereocenters. The maximum atomic E-state index is 12.0. The summed E-state index contributed by atoms with van der Waals surface area (Å²) in [7, 11) is 0. The number of thiazole rings is 1. The van der Waals surface area contributed by atoms with Crippen LogP contribution in [0.5, 0.6) is 0 Å². The Labute approximate surface area is 103 Å². The van der Waals surface area contributed by atoms with E-state index in [1.807, 2.05) is 18.4 Å². The lowest BCUT2D eigenvalue weighted by molar-refractivity contribution is 0.0992. The van der Waals surface area contributed by atoms with Crippen molar-refractivity contribution < 1.29 is 4.79 Å². The first-order chi connectivity index (χ1) is 7.66. The first kappa shape index (κ1) is 11.3. The number of aryl methyl sites for hydroxylation is 1. The average molecular weight is 252 g/mol. The number of carbonyl (C=O) groups is 1. The zero-order chi connectivity index (χ0) is 11.5. The molecule has 0 amide bonds. The Hall–Kier alpha value is -1.19. The highest BCUT2D eigenvalue weighted by Crippen LogP contribution is 2.18. The van der Waals surface area contributed by atoms with Crippen LogP contribution in [0.4, 0.5) is 0 Å². The van der Waals surface area contributed by atoms with E-state index in [1.165, 1.54) is 11.3 Å². The van der Waals surface area contributed by atoms with E-state index < -0.39 is 0 Å². The first-order valence-electron chi connectivity index (χ1n) is 4.84. The van der Waals surface area contributed by atoms with Crippen LogP contribution in [0.15, 0.2) is 29.8 Å². The minimum atomic E-state index is 0.0648. The predicted molar refractivity (Wildman–Crippen MR) is 66.3 cm³/mol. The maximum Gasteiger partial charge on any atom is 0.169 e. The van der Waals surface area contributed by atoms with Crippen molar-refractivity contribution in [3.63, 3.8) is 0 Å². The molecule has 82 valence electrons. The smallest absolute Gasteiger partial charge is 0.169 e. The van der Waals surface area contributed by atoms with Crippen LogP contribution >= 0.6 is 22.9 Å².